The fourth-order valence-corrected chi connectivity index (χ4v) is 2.70. The van der Waals surface area contributed by atoms with Crippen LogP contribution >= 0.6 is 15.9 Å². The summed E-state index contributed by atoms with van der Waals surface area (Å²) in [5.41, 5.74) is 3.60. The lowest BCUT2D eigenvalue weighted by molar-refractivity contribution is 0.795. The Kier molecular flexibility index (Phi) is 2.09. The summed E-state index contributed by atoms with van der Waals surface area (Å²) in [4.78, 5) is 4.72. The Bertz CT molecular complexity index is 512. The minimum absolute atomic E-state index is 0.718. The molecule has 3 rings (SSSR count). The van der Waals surface area contributed by atoms with E-state index in [0.29, 0.717) is 0 Å². The van der Waals surface area contributed by atoms with Crippen molar-refractivity contribution < 1.29 is 0 Å². The van der Waals surface area contributed by atoms with Gasteiger partial charge in [0.25, 0.3) is 0 Å². The third kappa shape index (κ3) is 1.49. The van der Waals surface area contributed by atoms with Gasteiger partial charge in [0.1, 0.15) is 0 Å². The first kappa shape index (κ1) is 9.40. The van der Waals surface area contributed by atoms with Crippen LogP contribution in [-0.4, -0.2) is 9.55 Å². The number of halogens is 1. The van der Waals surface area contributed by atoms with E-state index in [-0.39, 0.29) is 0 Å². The molecule has 2 aromatic rings. The van der Waals surface area contributed by atoms with Gasteiger partial charge in [-0.1, -0.05) is 0 Å². The summed E-state index contributed by atoms with van der Waals surface area (Å²) in [6, 6.07) is 4.29. The van der Waals surface area contributed by atoms with Gasteiger partial charge in [0, 0.05) is 28.8 Å². The van der Waals surface area contributed by atoms with E-state index < -0.39 is 0 Å². The van der Waals surface area contributed by atoms with Crippen LogP contribution in [0.25, 0.3) is 11.0 Å². The molecule has 0 atom stereocenters. The van der Waals surface area contributed by atoms with Gasteiger partial charge in [-0.15, -0.1) is 0 Å². The molecule has 3 heteroatoms. The molecule has 2 heterocycles. The van der Waals surface area contributed by atoms with Crippen molar-refractivity contribution in [3.05, 3.63) is 28.5 Å². The molecular weight excluding hydrogens is 252 g/mol. The maximum absolute atomic E-state index is 4.72. The highest BCUT2D eigenvalue weighted by atomic mass is 79.9. The fourth-order valence-electron chi connectivity index (χ4n) is 2.03. The number of nitrogens with zero attached hydrogens (tertiary/aromatic N) is 2. The average molecular weight is 265 g/mol. The molecule has 1 aliphatic rings. The van der Waals surface area contributed by atoms with Crippen molar-refractivity contribution in [3.8, 4) is 0 Å². The molecule has 0 spiro atoms. The Hall–Kier alpha value is -0.830. The lowest BCUT2D eigenvalue weighted by atomic mass is 10.2. The summed E-state index contributed by atoms with van der Waals surface area (Å²) in [5.74, 6) is 0.718. The number of pyridine rings is 1. The van der Waals surface area contributed by atoms with Crippen molar-refractivity contribution >= 4 is 27.0 Å². The molecule has 1 saturated carbocycles. The number of rotatable bonds is 2. The Labute approximate surface area is 97.4 Å². The first-order valence-electron chi connectivity index (χ1n) is 5.45. The summed E-state index contributed by atoms with van der Waals surface area (Å²) < 4.78 is 3.41. The van der Waals surface area contributed by atoms with Gasteiger partial charge in [0.15, 0.2) is 0 Å². The molecule has 0 radical (unpaired) electrons. The second kappa shape index (κ2) is 3.34. The van der Waals surface area contributed by atoms with Gasteiger partial charge in [-0.2, -0.15) is 0 Å². The summed E-state index contributed by atoms with van der Waals surface area (Å²) >= 11 is 3.65. The van der Waals surface area contributed by atoms with Crippen LogP contribution in [0, 0.1) is 0 Å². The second-order valence-electron chi connectivity index (χ2n) is 4.14. The van der Waals surface area contributed by atoms with Crippen LogP contribution in [0.5, 0.6) is 0 Å². The number of aromatic nitrogens is 2. The number of hydrogen-bond donors (Lipinski definition) is 0. The predicted molar refractivity (Wildman–Crippen MR) is 65.1 cm³/mol. The van der Waals surface area contributed by atoms with Crippen molar-refractivity contribution in [2.75, 3.05) is 0 Å². The van der Waals surface area contributed by atoms with Gasteiger partial charge in [-0.05, 0) is 47.8 Å². The molecule has 2 nitrogen and oxygen atoms in total. The molecule has 1 aliphatic carbocycles. The molecule has 0 bridgehead atoms. The second-order valence-corrected chi connectivity index (χ2v) is 4.99. The van der Waals surface area contributed by atoms with Crippen LogP contribution in [0.4, 0.5) is 0 Å². The molecule has 0 aliphatic heterocycles. The zero-order valence-electron chi connectivity index (χ0n) is 8.70. The van der Waals surface area contributed by atoms with Crippen molar-refractivity contribution in [1.29, 1.82) is 0 Å². The molecule has 2 aromatic heterocycles. The summed E-state index contributed by atoms with van der Waals surface area (Å²) in [7, 11) is 0. The molecule has 15 heavy (non-hydrogen) atoms. The highest BCUT2D eigenvalue weighted by Crippen LogP contribution is 2.41. The lowest BCUT2D eigenvalue weighted by Crippen LogP contribution is -1.94. The van der Waals surface area contributed by atoms with Crippen LogP contribution in [0.3, 0.4) is 0 Å². The SMILES string of the molecule is CCn1ccc2nc(C3CC3)cc(Br)c21. The van der Waals surface area contributed by atoms with Crippen LogP contribution in [0.15, 0.2) is 22.8 Å². The normalized spacial score (nSPS) is 16.1. The number of aryl methyl sites for hydroxylation is 1. The predicted octanol–water partition coefficient (Wildman–Crippen LogP) is 3.70. The average Bonchev–Trinajstić information content (AvgIpc) is 2.99. The van der Waals surface area contributed by atoms with Crippen LogP contribution < -0.4 is 0 Å². The Morgan fingerprint density at radius 1 is 1.53 bits per heavy atom. The van der Waals surface area contributed by atoms with E-state index in [1.54, 1.807) is 0 Å². The quantitative estimate of drug-likeness (QED) is 0.809. The molecule has 0 unspecified atom stereocenters. The van der Waals surface area contributed by atoms with E-state index in [0.717, 1.165) is 18.0 Å². The standard InChI is InChI=1S/C12H13BrN2/c1-2-15-6-5-10-12(15)9(13)7-11(14-10)8-3-4-8/h5-8H,2-4H2,1H3. The molecular formula is C12H13BrN2. The van der Waals surface area contributed by atoms with Crippen LogP contribution in [0.1, 0.15) is 31.4 Å². The van der Waals surface area contributed by atoms with Gasteiger partial charge >= 0.3 is 0 Å². The van der Waals surface area contributed by atoms with Crippen LogP contribution in [0.2, 0.25) is 0 Å². The lowest BCUT2D eigenvalue weighted by Gasteiger charge is -2.04. The van der Waals surface area contributed by atoms with Gasteiger partial charge in [0.2, 0.25) is 0 Å². The van der Waals surface area contributed by atoms with E-state index in [9.17, 15) is 0 Å². The highest BCUT2D eigenvalue weighted by Gasteiger charge is 2.26. The van der Waals surface area contributed by atoms with Gasteiger partial charge in [-0.25, -0.2) is 0 Å². The van der Waals surface area contributed by atoms with E-state index in [4.69, 9.17) is 4.98 Å². The highest BCUT2D eigenvalue weighted by molar-refractivity contribution is 9.10. The topological polar surface area (TPSA) is 17.8 Å². The number of hydrogen-bond acceptors (Lipinski definition) is 1. The van der Waals surface area contributed by atoms with E-state index >= 15 is 0 Å². The summed E-state index contributed by atoms with van der Waals surface area (Å²) in [6.07, 6.45) is 4.72. The molecule has 0 saturated heterocycles. The van der Waals surface area contributed by atoms with E-state index in [1.807, 2.05) is 0 Å². The third-order valence-corrected chi connectivity index (χ3v) is 3.63. The molecule has 1 fully saturated rings. The Morgan fingerprint density at radius 3 is 3.00 bits per heavy atom. The zero-order valence-corrected chi connectivity index (χ0v) is 10.3. The smallest absolute Gasteiger partial charge is 0.0896 e. The van der Waals surface area contributed by atoms with Crippen molar-refractivity contribution in [2.45, 2.75) is 32.2 Å². The minimum Gasteiger partial charge on any atom is -0.346 e. The summed E-state index contributed by atoms with van der Waals surface area (Å²) in [6.45, 7) is 3.15. The number of fused-ring (bicyclic) bond motifs is 1. The molecule has 0 aromatic carbocycles. The first-order chi connectivity index (χ1) is 7.29. The van der Waals surface area contributed by atoms with Gasteiger partial charge in [0.05, 0.1) is 11.0 Å². The van der Waals surface area contributed by atoms with E-state index in [1.165, 1.54) is 28.5 Å². The monoisotopic (exact) mass is 264 g/mol. The summed E-state index contributed by atoms with van der Waals surface area (Å²) in [5, 5.41) is 0. The maximum Gasteiger partial charge on any atom is 0.0896 e. The van der Waals surface area contributed by atoms with E-state index in [2.05, 4.69) is 45.8 Å². The fraction of sp³-hybridized carbons (Fsp3) is 0.417. The maximum atomic E-state index is 4.72. The minimum atomic E-state index is 0.718. The third-order valence-electron chi connectivity index (χ3n) is 3.03. The van der Waals surface area contributed by atoms with Crippen molar-refractivity contribution in [3.63, 3.8) is 0 Å². The van der Waals surface area contributed by atoms with Crippen LogP contribution in [-0.2, 0) is 6.54 Å². The molecule has 0 N–H and O–H groups in total. The van der Waals surface area contributed by atoms with Gasteiger partial charge in [-0.3, -0.25) is 4.98 Å². The molecule has 0 amide bonds. The van der Waals surface area contributed by atoms with Crippen molar-refractivity contribution in [2.24, 2.45) is 0 Å². The Balaban J connectivity index is 2.23. The first-order valence-corrected chi connectivity index (χ1v) is 6.24. The Morgan fingerprint density at radius 2 is 2.33 bits per heavy atom. The largest absolute Gasteiger partial charge is 0.346 e. The van der Waals surface area contributed by atoms with Crippen molar-refractivity contribution in [1.82, 2.24) is 9.55 Å². The zero-order chi connectivity index (χ0) is 10.4. The van der Waals surface area contributed by atoms with Gasteiger partial charge < -0.3 is 4.57 Å². The molecule has 78 valence electrons.